The van der Waals surface area contributed by atoms with E-state index in [1.165, 1.54) is 18.2 Å². The molecule has 2 N–H and O–H groups in total. The van der Waals surface area contributed by atoms with Gasteiger partial charge in [0.05, 0.1) is 0 Å². The SMILES string of the molecule is CN(C)Cc1cc(C(=O)NCCc2c[nH]c3cccc(F)c23)ccc1F. The van der Waals surface area contributed by atoms with Crippen LogP contribution in [0.2, 0.25) is 0 Å². The van der Waals surface area contributed by atoms with E-state index < -0.39 is 0 Å². The molecule has 0 radical (unpaired) electrons. The van der Waals surface area contributed by atoms with Gasteiger partial charge in [-0.15, -0.1) is 0 Å². The van der Waals surface area contributed by atoms with Crippen molar-refractivity contribution in [2.45, 2.75) is 13.0 Å². The van der Waals surface area contributed by atoms with Crippen molar-refractivity contribution in [3.8, 4) is 0 Å². The summed E-state index contributed by atoms with van der Waals surface area (Å²) in [4.78, 5) is 17.2. The second kappa shape index (κ2) is 7.66. The lowest BCUT2D eigenvalue weighted by atomic mass is 10.1. The molecule has 3 aromatic rings. The molecule has 0 unspecified atom stereocenters. The molecular formula is C20H21F2N3O. The van der Waals surface area contributed by atoms with Crippen molar-refractivity contribution in [2.75, 3.05) is 20.6 Å². The molecule has 0 aliphatic rings. The number of nitrogens with one attached hydrogen (secondary N) is 2. The Bertz CT molecular complexity index is 934. The molecule has 136 valence electrons. The molecule has 4 nitrogen and oxygen atoms in total. The Morgan fingerprint density at radius 3 is 2.69 bits per heavy atom. The second-order valence-corrected chi connectivity index (χ2v) is 6.53. The van der Waals surface area contributed by atoms with E-state index in [1.54, 1.807) is 18.3 Å². The Hall–Kier alpha value is -2.73. The first-order valence-corrected chi connectivity index (χ1v) is 8.41. The van der Waals surface area contributed by atoms with Crippen molar-refractivity contribution in [2.24, 2.45) is 0 Å². The van der Waals surface area contributed by atoms with E-state index >= 15 is 0 Å². The summed E-state index contributed by atoms with van der Waals surface area (Å²) < 4.78 is 27.8. The third-order valence-electron chi connectivity index (χ3n) is 4.21. The van der Waals surface area contributed by atoms with E-state index in [-0.39, 0.29) is 17.5 Å². The number of nitrogens with zero attached hydrogens (tertiary/aromatic N) is 1. The van der Waals surface area contributed by atoms with E-state index in [0.29, 0.717) is 36.0 Å². The number of hydrogen-bond acceptors (Lipinski definition) is 2. The van der Waals surface area contributed by atoms with Gasteiger partial charge >= 0.3 is 0 Å². The summed E-state index contributed by atoms with van der Waals surface area (Å²) in [6.07, 6.45) is 2.26. The lowest BCUT2D eigenvalue weighted by molar-refractivity contribution is 0.0954. The van der Waals surface area contributed by atoms with Crippen LogP contribution in [0, 0.1) is 11.6 Å². The van der Waals surface area contributed by atoms with Gasteiger partial charge in [0, 0.05) is 41.3 Å². The van der Waals surface area contributed by atoms with Crippen LogP contribution in [0.1, 0.15) is 21.5 Å². The smallest absolute Gasteiger partial charge is 0.251 e. The van der Waals surface area contributed by atoms with Gasteiger partial charge in [0.1, 0.15) is 11.6 Å². The third kappa shape index (κ3) is 3.91. The number of hydrogen-bond donors (Lipinski definition) is 2. The van der Waals surface area contributed by atoms with E-state index in [9.17, 15) is 13.6 Å². The number of halogens is 2. The molecule has 1 aromatic heterocycles. The van der Waals surface area contributed by atoms with Crippen LogP contribution < -0.4 is 5.32 Å². The van der Waals surface area contributed by atoms with Gasteiger partial charge in [-0.3, -0.25) is 4.79 Å². The number of carbonyl (C=O) groups is 1. The number of rotatable bonds is 6. The minimum Gasteiger partial charge on any atom is -0.361 e. The van der Waals surface area contributed by atoms with Crippen LogP contribution >= 0.6 is 0 Å². The highest BCUT2D eigenvalue weighted by Gasteiger charge is 2.12. The highest BCUT2D eigenvalue weighted by Crippen LogP contribution is 2.21. The lowest BCUT2D eigenvalue weighted by Gasteiger charge is -2.12. The number of carbonyl (C=O) groups excluding carboxylic acids is 1. The van der Waals surface area contributed by atoms with Crippen LogP contribution in [-0.2, 0) is 13.0 Å². The fourth-order valence-corrected chi connectivity index (χ4v) is 3.00. The molecule has 0 spiro atoms. The van der Waals surface area contributed by atoms with Gasteiger partial charge in [-0.2, -0.15) is 0 Å². The minimum atomic E-state index is -0.329. The maximum Gasteiger partial charge on any atom is 0.251 e. The number of aromatic nitrogens is 1. The van der Waals surface area contributed by atoms with Crippen molar-refractivity contribution in [3.05, 3.63) is 70.9 Å². The average Bonchev–Trinajstić information content (AvgIpc) is 3.01. The Morgan fingerprint density at radius 2 is 1.92 bits per heavy atom. The molecule has 0 saturated carbocycles. The summed E-state index contributed by atoms with van der Waals surface area (Å²) in [5.74, 6) is -0.883. The quantitative estimate of drug-likeness (QED) is 0.710. The molecule has 0 aliphatic heterocycles. The zero-order chi connectivity index (χ0) is 18.7. The molecule has 1 heterocycles. The number of amides is 1. The summed E-state index contributed by atoms with van der Waals surface area (Å²) in [6.45, 7) is 0.780. The molecule has 6 heteroatoms. The Balaban J connectivity index is 1.65. The molecule has 1 amide bonds. The predicted molar refractivity (Wildman–Crippen MR) is 98.1 cm³/mol. The molecule has 0 bridgehead atoms. The topological polar surface area (TPSA) is 48.1 Å². The largest absolute Gasteiger partial charge is 0.361 e. The molecule has 0 aliphatic carbocycles. The van der Waals surface area contributed by atoms with Crippen molar-refractivity contribution < 1.29 is 13.6 Å². The molecular weight excluding hydrogens is 336 g/mol. The van der Waals surface area contributed by atoms with Crippen LogP contribution in [-0.4, -0.2) is 36.4 Å². The van der Waals surface area contributed by atoms with Gasteiger partial charge in [0.2, 0.25) is 0 Å². The van der Waals surface area contributed by atoms with Crippen molar-refractivity contribution in [1.29, 1.82) is 0 Å². The van der Waals surface area contributed by atoms with Crippen molar-refractivity contribution >= 4 is 16.8 Å². The fraction of sp³-hybridized carbons (Fsp3) is 0.250. The molecule has 2 aromatic carbocycles. The number of fused-ring (bicyclic) bond motifs is 1. The van der Waals surface area contributed by atoms with E-state index in [1.807, 2.05) is 25.1 Å². The predicted octanol–water partition coefficient (Wildman–Crippen LogP) is 3.48. The summed E-state index contributed by atoms with van der Waals surface area (Å²) in [6, 6.07) is 9.22. The van der Waals surface area contributed by atoms with Gasteiger partial charge < -0.3 is 15.2 Å². The van der Waals surface area contributed by atoms with Crippen LogP contribution in [0.5, 0.6) is 0 Å². The van der Waals surface area contributed by atoms with E-state index in [2.05, 4.69) is 10.3 Å². The number of H-pyrrole nitrogens is 1. The maximum atomic E-state index is 14.0. The number of aromatic amines is 1. The molecule has 0 fully saturated rings. The van der Waals surface area contributed by atoms with Crippen molar-refractivity contribution in [3.63, 3.8) is 0 Å². The molecule has 3 rings (SSSR count). The average molecular weight is 357 g/mol. The monoisotopic (exact) mass is 357 g/mol. The van der Waals surface area contributed by atoms with Crippen molar-refractivity contribution in [1.82, 2.24) is 15.2 Å². The summed E-state index contributed by atoms with van der Waals surface area (Å²) in [5, 5.41) is 3.36. The fourth-order valence-electron chi connectivity index (χ4n) is 3.00. The Labute approximate surface area is 150 Å². The maximum absolute atomic E-state index is 14.0. The van der Waals surface area contributed by atoms with Crippen LogP contribution in [0.3, 0.4) is 0 Å². The van der Waals surface area contributed by atoms with Crippen LogP contribution in [0.15, 0.2) is 42.6 Å². The first-order chi connectivity index (χ1) is 12.5. The van der Waals surface area contributed by atoms with Gasteiger partial charge in [0.15, 0.2) is 0 Å². The zero-order valence-corrected chi connectivity index (χ0v) is 14.8. The molecule has 0 saturated heterocycles. The van der Waals surface area contributed by atoms with Gasteiger partial charge in [-0.05, 0) is 56.4 Å². The second-order valence-electron chi connectivity index (χ2n) is 6.53. The first-order valence-electron chi connectivity index (χ1n) is 8.41. The van der Waals surface area contributed by atoms with Gasteiger partial charge in [0.25, 0.3) is 5.91 Å². The first kappa shape index (κ1) is 18.1. The van der Waals surface area contributed by atoms with Gasteiger partial charge in [-0.25, -0.2) is 8.78 Å². The Kier molecular flexibility index (Phi) is 5.32. The number of benzene rings is 2. The summed E-state index contributed by atoms with van der Waals surface area (Å²) >= 11 is 0. The van der Waals surface area contributed by atoms with E-state index in [0.717, 1.165) is 11.1 Å². The lowest BCUT2D eigenvalue weighted by Crippen LogP contribution is -2.26. The van der Waals surface area contributed by atoms with Crippen LogP contribution in [0.4, 0.5) is 8.78 Å². The van der Waals surface area contributed by atoms with Crippen LogP contribution in [0.25, 0.3) is 10.9 Å². The zero-order valence-electron chi connectivity index (χ0n) is 14.8. The Morgan fingerprint density at radius 1 is 1.12 bits per heavy atom. The van der Waals surface area contributed by atoms with E-state index in [4.69, 9.17) is 0 Å². The highest BCUT2D eigenvalue weighted by atomic mass is 19.1. The van der Waals surface area contributed by atoms with Gasteiger partial charge in [-0.1, -0.05) is 6.07 Å². The summed E-state index contributed by atoms with van der Waals surface area (Å²) in [5.41, 5.74) is 2.43. The normalized spacial score (nSPS) is 11.3. The third-order valence-corrected chi connectivity index (χ3v) is 4.21. The minimum absolute atomic E-state index is 0.273. The molecule has 0 atom stereocenters. The molecule has 26 heavy (non-hydrogen) atoms. The highest BCUT2D eigenvalue weighted by molar-refractivity contribution is 5.94. The standard InChI is InChI=1S/C20H21F2N3O/c1-25(2)12-15-10-13(6-7-16(15)21)20(26)23-9-8-14-11-24-18-5-3-4-17(22)19(14)18/h3-7,10-11,24H,8-9,12H2,1-2H3,(H,23,26). The summed E-state index contributed by atoms with van der Waals surface area (Å²) in [7, 11) is 3.68.